The van der Waals surface area contributed by atoms with Crippen molar-refractivity contribution in [3.63, 3.8) is 0 Å². The largest absolute Gasteiger partial charge is 0.497 e. The highest BCUT2D eigenvalue weighted by Crippen LogP contribution is 2.24. The molecule has 0 aliphatic heterocycles. The van der Waals surface area contributed by atoms with Gasteiger partial charge in [0.25, 0.3) is 5.91 Å². The van der Waals surface area contributed by atoms with Crippen molar-refractivity contribution in [2.24, 2.45) is 5.92 Å². The van der Waals surface area contributed by atoms with E-state index in [9.17, 15) is 9.18 Å². The molecule has 0 radical (unpaired) electrons. The third-order valence-corrected chi connectivity index (χ3v) is 4.30. The Hall–Kier alpha value is -2.56. The van der Waals surface area contributed by atoms with E-state index in [2.05, 4.69) is 19.2 Å². The van der Waals surface area contributed by atoms with E-state index in [-0.39, 0.29) is 17.8 Å². The van der Waals surface area contributed by atoms with Crippen molar-refractivity contribution in [1.29, 1.82) is 0 Å². The highest BCUT2D eigenvalue weighted by molar-refractivity contribution is 5.81. The number of amides is 1. The minimum Gasteiger partial charge on any atom is -0.497 e. The van der Waals surface area contributed by atoms with Gasteiger partial charge in [-0.15, -0.1) is 0 Å². The van der Waals surface area contributed by atoms with E-state index in [0.717, 1.165) is 17.7 Å². The normalized spacial score (nSPS) is 13.1. The monoisotopic (exact) mass is 373 g/mol. The van der Waals surface area contributed by atoms with Gasteiger partial charge in [0.1, 0.15) is 17.3 Å². The Morgan fingerprint density at radius 2 is 1.63 bits per heavy atom. The molecule has 1 N–H and O–H groups in total. The zero-order valence-corrected chi connectivity index (χ0v) is 16.4. The Morgan fingerprint density at radius 3 is 2.15 bits per heavy atom. The fraction of sp³-hybridized carbons (Fsp3) is 0.409. The summed E-state index contributed by atoms with van der Waals surface area (Å²) in [5.74, 6) is 1.15. The van der Waals surface area contributed by atoms with Crippen LogP contribution in [0, 0.1) is 11.7 Å². The average molecular weight is 373 g/mol. The van der Waals surface area contributed by atoms with Crippen LogP contribution in [0.5, 0.6) is 11.5 Å². The third-order valence-electron chi connectivity index (χ3n) is 4.30. The summed E-state index contributed by atoms with van der Waals surface area (Å²) in [5, 5.41) is 3.11. The highest BCUT2D eigenvalue weighted by Gasteiger charge is 2.23. The molecule has 0 fully saturated rings. The second-order valence-electron chi connectivity index (χ2n) is 6.93. The average Bonchev–Trinajstić information content (AvgIpc) is 2.66. The zero-order valence-electron chi connectivity index (χ0n) is 16.4. The van der Waals surface area contributed by atoms with Crippen LogP contribution in [0.15, 0.2) is 48.5 Å². The van der Waals surface area contributed by atoms with Gasteiger partial charge in [0.05, 0.1) is 13.2 Å². The number of carbonyl (C=O) groups excluding carboxylic acids is 1. The number of hydrogen-bond acceptors (Lipinski definition) is 3. The standard InChI is InChI=1S/C22H28FNO3/c1-5-21(27-19-12-8-17(23)9-13-19)22(25)24-20(14-15(2)3)16-6-10-18(26-4)11-7-16/h6-13,15,20-21H,5,14H2,1-4H3,(H,24,25)/t20-,21-/m1/s1. The summed E-state index contributed by atoms with van der Waals surface area (Å²) < 4.78 is 24.0. The van der Waals surface area contributed by atoms with Crippen LogP contribution in [0.1, 0.15) is 45.2 Å². The van der Waals surface area contributed by atoms with Crippen molar-refractivity contribution in [1.82, 2.24) is 5.32 Å². The van der Waals surface area contributed by atoms with E-state index in [1.807, 2.05) is 31.2 Å². The number of nitrogens with one attached hydrogen (secondary N) is 1. The molecule has 27 heavy (non-hydrogen) atoms. The van der Waals surface area contributed by atoms with Crippen LogP contribution in [-0.2, 0) is 4.79 Å². The van der Waals surface area contributed by atoms with Crippen LogP contribution in [0.2, 0.25) is 0 Å². The topological polar surface area (TPSA) is 47.6 Å². The first kappa shape index (κ1) is 20.7. The molecule has 0 aliphatic carbocycles. The molecule has 2 rings (SSSR count). The molecule has 4 nitrogen and oxygen atoms in total. The molecule has 2 aromatic rings. The molecule has 5 heteroatoms. The lowest BCUT2D eigenvalue weighted by Crippen LogP contribution is -2.40. The molecule has 0 aliphatic rings. The summed E-state index contributed by atoms with van der Waals surface area (Å²) in [6.45, 7) is 6.13. The molecule has 0 aromatic heterocycles. The summed E-state index contributed by atoms with van der Waals surface area (Å²) >= 11 is 0. The van der Waals surface area contributed by atoms with Crippen LogP contribution in [0.4, 0.5) is 4.39 Å². The summed E-state index contributed by atoms with van der Waals surface area (Å²) in [4.78, 5) is 12.8. The predicted octanol–water partition coefficient (Wildman–Crippen LogP) is 4.90. The zero-order chi connectivity index (χ0) is 19.8. The third kappa shape index (κ3) is 6.27. The van der Waals surface area contributed by atoms with Gasteiger partial charge in [0.15, 0.2) is 6.10 Å². The fourth-order valence-electron chi connectivity index (χ4n) is 2.85. The lowest BCUT2D eigenvalue weighted by Gasteiger charge is -2.24. The van der Waals surface area contributed by atoms with Crippen molar-refractivity contribution in [2.75, 3.05) is 7.11 Å². The number of ether oxygens (including phenoxy) is 2. The van der Waals surface area contributed by atoms with Gasteiger partial charge in [-0.05, 0) is 60.7 Å². The van der Waals surface area contributed by atoms with Crippen LogP contribution in [-0.4, -0.2) is 19.1 Å². The van der Waals surface area contributed by atoms with Gasteiger partial charge in [0, 0.05) is 0 Å². The number of carbonyl (C=O) groups is 1. The maximum Gasteiger partial charge on any atom is 0.261 e. The molecule has 2 atom stereocenters. The lowest BCUT2D eigenvalue weighted by molar-refractivity contribution is -0.129. The van der Waals surface area contributed by atoms with E-state index < -0.39 is 6.10 Å². The second-order valence-corrected chi connectivity index (χ2v) is 6.93. The molecular formula is C22H28FNO3. The van der Waals surface area contributed by atoms with Gasteiger partial charge in [-0.3, -0.25) is 4.79 Å². The Bertz CT molecular complexity index is 713. The molecule has 1 amide bonds. The SMILES string of the molecule is CC[C@@H](Oc1ccc(F)cc1)C(=O)N[C@H](CC(C)C)c1ccc(OC)cc1. The first-order valence-electron chi connectivity index (χ1n) is 9.29. The van der Waals surface area contributed by atoms with Gasteiger partial charge < -0.3 is 14.8 Å². The molecule has 0 saturated carbocycles. The molecule has 0 saturated heterocycles. The Kier molecular flexibility index (Phi) is 7.65. The Morgan fingerprint density at radius 1 is 1.04 bits per heavy atom. The van der Waals surface area contributed by atoms with Crippen LogP contribution in [0.3, 0.4) is 0 Å². The number of methoxy groups -OCH3 is 1. The van der Waals surface area contributed by atoms with Crippen molar-refractivity contribution in [3.05, 3.63) is 59.9 Å². The molecular weight excluding hydrogens is 345 g/mol. The maximum atomic E-state index is 13.1. The minimum atomic E-state index is -0.636. The molecule has 0 unspecified atom stereocenters. The Balaban J connectivity index is 2.10. The van der Waals surface area contributed by atoms with Crippen molar-refractivity contribution >= 4 is 5.91 Å². The fourth-order valence-corrected chi connectivity index (χ4v) is 2.85. The van der Waals surface area contributed by atoms with E-state index in [0.29, 0.717) is 18.1 Å². The number of halogens is 1. The summed E-state index contributed by atoms with van der Waals surface area (Å²) in [6, 6.07) is 13.3. The van der Waals surface area contributed by atoms with Gasteiger partial charge in [-0.1, -0.05) is 32.9 Å². The van der Waals surface area contributed by atoms with E-state index in [1.54, 1.807) is 7.11 Å². The summed E-state index contributed by atoms with van der Waals surface area (Å²) in [5.41, 5.74) is 1.02. The molecule has 146 valence electrons. The predicted molar refractivity (Wildman–Crippen MR) is 104 cm³/mol. The van der Waals surface area contributed by atoms with Crippen LogP contribution in [0.25, 0.3) is 0 Å². The first-order valence-corrected chi connectivity index (χ1v) is 9.29. The van der Waals surface area contributed by atoms with E-state index in [4.69, 9.17) is 9.47 Å². The Labute approximate surface area is 160 Å². The first-order chi connectivity index (χ1) is 12.9. The highest BCUT2D eigenvalue weighted by atomic mass is 19.1. The molecule has 2 aromatic carbocycles. The van der Waals surface area contributed by atoms with E-state index >= 15 is 0 Å². The van der Waals surface area contributed by atoms with Gasteiger partial charge in [0.2, 0.25) is 0 Å². The molecule has 0 bridgehead atoms. The maximum absolute atomic E-state index is 13.1. The second kappa shape index (κ2) is 9.95. The van der Waals surface area contributed by atoms with Crippen molar-refractivity contribution < 1.29 is 18.7 Å². The van der Waals surface area contributed by atoms with Crippen LogP contribution < -0.4 is 14.8 Å². The van der Waals surface area contributed by atoms with E-state index in [1.165, 1.54) is 24.3 Å². The van der Waals surface area contributed by atoms with Crippen molar-refractivity contribution in [3.8, 4) is 11.5 Å². The summed E-state index contributed by atoms with van der Waals surface area (Å²) in [7, 11) is 1.63. The minimum absolute atomic E-state index is 0.116. The number of hydrogen-bond donors (Lipinski definition) is 1. The number of rotatable bonds is 9. The van der Waals surface area contributed by atoms with Gasteiger partial charge >= 0.3 is 0 Å². The van der Waals surface area contributed by atoms with Gasteiger partial charge in [-0.2, -0.15) is 0 Å². The van der Waals surface area contributed by atoms with Gasteiger partial charge in [-0.25, -0.2) is 4.39 Å². The summed E-state index contributed by atoms with van der Waals surface area (Å²) in [6.07, 6.45) is 0.689. The van der Waals surface area contributed by atoms with Crippen LogP contribution >= 0.6 is 0 Å². The number of benzene rings is 2. The smallest absolute Gasteiger partial charge is 0.261 e. The quantitative estimate of drug-likeness (QED) is 0.680. The molecule has 0 heterocycles. The lowest BCUT2D eigenvalue weighted by atomic mass is 9.96. The van der Waals surface area contributed by atoms with Crippen molar-refractivity contribution in [2.45, 2.75) is 45.8 Å². The molecule has 0 spiro atoms.